The van der Waals surface area contributed by atoms with E-state index in [0.29, 0.717) is 19.0 Å². The quantitative estimate of drug-likeness (QED) is 0.300. The molecule has 0 spiro atoms. The molecule has 0 amide bonds. The maximum atomic E-state index is 11.8. The van der Waals surface area contributed by atoms with Crippen LogP contribution in [0.2, 0.25) is 0 Å². The third-order valence-electron chi connectivity index (χ3n) is 3.49. The number of carbonyl (C=O) groups excluding carboxylic acids is 1. The number of para-hydroxylation sites is 1. The molecule has 0 saturated carbocycles. The summed E-state index contributed by atoms with van der Waals surface area (Å²) in [6.45, 7) is 10.7. The van der Waals surface area contributed by atoms with Gasteiger partial charge in [0.1, 0.15) is 30.0 Å². The van der Waals surface area contributed by atoms with Gasteiger partial charge >= 0.3 is 5.97 Å². The van der Waals surface area contributed by atoms with Gasteiger partial charge in [0.15, 0.2) is 5.96 Å². The highest BCUT2D eigenvalue weighted by molar-refractivity contribution is 14.0. The van der Waals surface area contributed by atoms with Gasteiger partial charge in [0.2, 0.25) is 0 Å². The van der Waals surface area contributed by atoms with Crippen LogP contribution in [0.5, 0.6) is 0 Å². The van der Waals surface area contributed by atoms with Crippen LogP contribution in [-0.4, -0.2) is 30.6 Å². The van der Waals surface area contributed by atoms with Crippen molar-refractivity contribution >= 4 is 46.9 Å². The molecule has 0 saturated heterocycles. The highest BCUT2D eigenvalue weighted by atomic mass is 127. The summed E-state index contributed by atoms with van der Waals surface area (Å²) >= 11 is 0. The number of benzene rings is 1. The third-order valence-corrected chi connectivity index (χ3v) is 3.49. The highest BCUT2D eigenvalue weighted by Crippen LogP contribution is 2.25. The molecule has 1 aromatic heterocycles. The maximum absolute atomic E-state index is 11.8. The summed E-state index contributed by atoms with van der Waals surface area (Å²) in [4.78, 5) is 16.3. The van der Waals surface area contributed by atoms with Crippen molar-refractivity contribution in [3.63, 3.8) is 0 Å². The first-order chi connectivity index (χ1) is 11.8. The summed E-state index contributed by atoms with van der Waals surface area (Å²) < 4.78 is 11.1. The smallest absolute Gasteiger partial charge is 0.325 e. The first-order valence-electron chi connectivity index (χ1n) is 8.51. The number of fused-ring (bicyclic) bond motifs is 1. The van der Waals surface area contributed by atoms with E-state index in [9.17, 15) is 4.79 Å². The van der Waals surface area contributed by atoms with Crippen LogP contribution < -0.4 is 10.6 Å². The monoisotopic (exact) mass is 473 g/mol. The molecule has 0 unspecified atom stereocenters. The molecule has 0 aliphatic rings. The molecule has 2 N–H and O–H groups in total. The zero-order valence-corrected chi connectivity index (χ0v) is 18.3. The van der Waals surface area contributed by atoms with Crippen molar-refractivity contribution in [2.75, 3.05) is 13.1 Å². The minimum atomic E-state index is -0.500. The molecular formula is C19H28IN3O3. The maximum Gasteiger partial charge on any atom is 0.325 e. The Labute approximate surface area is 171 Å². The van der Waals surface area contributed by atoms with Crippen LogP contribution in [0, 0.1) is 6.92 Å². The molecule has 7 heteroatoms. The SMILES string of the molecule is CCNC(=NCc1oc2ccccc2c1C)NCC(=O)OC(C)(C)C.I. The summed E-state index contributed by atoms with van der Waals surface area (Å²) in [6.07, 6.45) is 0. The van der Waals surface area contributed by atoms with E-state index in [1.807, 2.05) is 58.9 Å². The molecule has 2 aromatic rings. The molecule has 144 valence electrons. The molecule has 6 nitrogen and oxygen atoms in total. The summed E-state index contributed by atoms with van der Waals surface area (Å²) in [5, 5.41) is 7.20. The van der Waals surface area contributed by atoms with Gasteiger partial charge in [-0.2, -0.15) is 0 Å². The molecule has 0 fully saturated rings. The number of rotatable bonds is 5. The standard InChI is InChI=1S/C19H27N3O3.HI/c1-6-20-18(22-12-17(23)25-19(3,4)5)21-11-16-13(2)14-9-7-8-10-15(14)24-16;/h7-10H,6,11-12H2,1-5H3,(H2,20,21,22);1H. The van der Waals surface area contributed by atoms with Crippen LogP contribution in [0.4, 0.5) is 0 Å². The van der Waals surface area contributed by atoms with Gasteiger partial charge in [-0.1, -0.05) is 18.2 Å². The van der Waals surface area contributed by atoms with Crippen LogP contribution in [-0.2, 0) is 16.1 Å². The van der Waals surface area contributed by atoms with Gasteiger partial charge < -0.3 is 19.8 Å². The van der Waals surface area contributed by atoms with Gasteiger partial charge in [0.25, 0.3) is 0 Å². The van der Waals surface area contributed by atoms with Crippen molar-refractivity contribution in [3.05, 3.63) is 35.6 Å². The number of furan rings is 1. The summed E-state index contributed by atoms with van der Waals surface area (Å²) in [7, 11) is 0. The largest absolute Gasteiger partial charge is 0.459 e. The topological polar surface area (TPSA) is 75.9 Å². The zero-order chi connectivity index (χ0) is 18.4. The second-order valence-electron chi connectivity index (χ2n) is 6.78. The third kappa shape index (κ3) is 6.51. The zero-order valence-electron chi connectivity index (χ0n) is 16.0. The van der Waals surface area contributed by atoms with E-state index in [2.05, 4.69) is 15.6 Å². The Hall–Kier alpha value is -1.77. The van der Waals surface area contributed by atoms with Crippen molar-refractivity contribution in [3.8, 4) is 0 Å². The normalized spacial score (nSPS) is 11.8. The Balaban J connectivity index is 0.00000338. The lowest BCUT2D eigenvalue weighted by molar-refractivity contribution is -0.153. The summed E-state index contributed by atoms with van der Waals surface area (Å²) in [6, 6.07) is 7.92. The molecule has 26 heavy (non-hydrogen) atoms. The number of ether oxygens (including phenoxy) is 1. The summed E-state index contributed by atoms with van der Waals surface area (Å²) in [5.74, 6) is 1.04. The average Bonchev–Trinajstić information content (AvgIpc) is 2.85. The van der Waals surface area contributed by atoms with E-state index in [1.165, 1.54) is 0 Å². The lowest BCUT2D eigenvalue weighted by Crippen LogP contribution is -2.41. The fourth-order valence-electron chi connectivity index (χ4n) is 2.40. The van der Waals surface area contributed by atoms with E-state index < -0.39 is 5.60 Å². The van der Waals surface area contributed by atoms with Crippen molar-refractivity contribution in [1.29, 1.82) is 0 Å². The molecule has 1 aromatic carbocycles. The number of aliphatic imine (C=N–C) groups is 1. The van der Waals surface area contributed by atoms with Crippen molar-refractivity contribution in [2.45, 2.75) is 46.8 Å². The van der Waals surface area contributed by atoms with E-state index in [0.717, 1.165) is 22.3 Å². The fourth-order valence-corrected chi connectivity index (χ4v) is 2.40. The first-order valence-corrected chi connectivity index (χ1v) is 8.51. The van der Waals surface area contributed by atoms with Gasteiger partial charge in [-0.3, -0.25) is 4.79 Å². The highest BCUT2D eigenvalue weighted by Gasteiger charge is 2.16. The lowest BCUT2D eigenvalue weighted by atomic mass is 10.1. The lowest BCUT2D eigenvalue weighted by Gasteiger charge is -2.20. The molecule has 0 radical (unpaired) electrons. The van der Waals surface area contributed by atoms with Gasteiger partial charge in [-0.15, -0.1) is 24.0 Å². The Morgan fingerprint density at radius 1 is 1.23 bits per heavy atom. The van der Waals surface area contributed by atoms with E-state index in [1.54, 1.807) is 0 Å². The van der Waals surface area contributed by atoms with Gasteiger partial charge in [0, 0.05) is 17.5 Å². The average molecular weight is 473 g/mol. The molecular weight excluding hydrogens is 445 g/mol. The van der Waals surface area contributed by atoms with Gasteiger partial charge in [-0.25, -0.2) is 4.99 Å². The Kier molecular flexibility index (Phi) is 8.39. The Morgan fingerprint density at radius 2 is 1.92 bits per heavy atom. The molecule has 0 bridgehead atoms. The number of aryl methyl sites for hydroxylation is 1. The number of hydrogen-bond acceptors (Lipinski definition) is 4. The Bertz CT molecular complexity index is 763. The fraction of sp³-hybridized carbons (Fsp3) is 0.474. The van der Waals surface area contributed by atoms with Gasteiger partial charge in [-0.05, 0) is 40.7 Å². The van der Waals surface area contributed by atoms with E-state index in [-0.39, 0.29) is 36.5 Å². The van der Waals surface area contributed by atoms with Crippen LogP contribution >= 0.6 is 24.0 Å². The van der Waals surface area contributed by atoms with Gasteiger partial charge in [0.05, 0.1) is 0 Å². The number of hydrogen-bond donors (Lipinski definition) is 2. The van der Waals surface area contributed by atoms with Crippen molar-refractivity contribution in [1.82, 2.24) is 10.6 Å². The van der Waals surface area contributed by atoms with Crippen LogP contribution in [0.3, 0.4) is 0 Å². The minimum absolute atomic E-state index is 0. The first kappa shape index (κ1) is 22.3. The van der Waals surface area contributed by atoms with Crippen LogP contribution in [0.1, 0.15) is 39.0 Å². The van der Waals surface area contributed by atoms with Crippen molar-refractivity contribution < 1.29 is 13.9 Å². The predicted molar refractivity (Wildman–Crippen MR) is 115 cm³/mol. The Morgan fingerprint density at radius 3 is 2.54 bits per heavy atom. The second-order valence-corrected chi connectivity index (χ2v) is 6.78. The van der Waals surface area contributed by atoms with Crippen LogP contribution in [0.15, 0.2) is 33.7 Å². The molecule has 0 aliphatic heterocycles. The molecule has 1 heterocycles. The number of nitrogens with one attached hydrogen (secondary N) is 2. The molecule has 0 atom stereocenters. The number of guanidine groups is 1. The number of nitrogens with zero attached hydrogens (tertiary/aromatic N) is 1. The molecule has 2 rings (SSSR count). The van der Waals surface area contributed by atoms with E-state index >= 15 is 0 Å². The van der Waals surface area contributed by atoms with Crippen molar-refractivity contribution in [2.24, 2.45) is 4.99 Å². The minimum Gasteiger partial charge on any atom is -0.459 e. The number of carbonyl (C=O) groups is 1. The van der Waals surface area contributed by atoms with E-state index in [4.69, 9.17) is 9.15 Å². The predicted octanol–water partition coefficient (Wildman–Crippen LogP) is 3.76. The van der Waals surface area contributed by atoms with Crippen LogP contribution in [0.25, 0.3) is 11.0 Å². The second kappa shape index (κ2) is 9.80. The number of halogens is 1. The number of esters is 1. The summed E-state index contributed by atoms with van der Waals surface area (Å²) in [5.41, 5.74) is 1.44. The molecule has 0 aliphatic carbocycles.